The number of hydrogen-bond donors (Lipinski definition) is 2. The Morgan fingerprint density at radius 3 is 2.00 bits per heavy atom. The minimum Gasteiger partial charge on any atom is -0.478 e. The summed E-state index contributed by atoms with van der Waals surface area (Å²) in [5.41, 5.74) is 2.40. The summed E-state index contributed by atoms with van der Waals surface area (Å²) in [7, 11) is 6.78. The van der Waals surface area contributed by atoms with Gasteiger partial charge in [-0.25, -0.2) is 9.59 Å². The Kier molecular flexibility index (Phi) is 7.29. The predicted octanol–water partition coefficient (Wildman–Crippen LogP) is 2.97. The summed E-state index contributed by atoms with van der Waals surface area (Å²) >= 11 is 0. The molecular formula is C18H22N2O4. The van der Waals surface area contributed by atoms with Gasteiger partial charge < -0.3 is 20.1 Å². The number of benzene rings is 2. The summed E-state index contributed by atoms with van der Waals surface area (Å²) < 4.78 is 4.60. The number of carbonyl (C=O) groups is 2. The number of esters is 1. The highest BCUT2D eigenvalue weighted by Crippen LogP contribution is 2.17. The number of carboxylic acid groups (broad SMARTS) is 1. The van der Waals surface area contributed by atoms with E-state index in [-0.39, 0.29) is 5.97 Å². The van der Waals surface area contributed by atoms with Gasteiger partial charge in [0.15, 0.2) is 0 Å². The van der Waals surface area contributed by atoms with Crippen LogP contribution in [0.1, 0.15) is 20.7 Å². The van der Waals surface area contributed by atoms with Crippen molar-refractivity contribution in [2.45, 2.75) is 0 Å². The van der Waals surface area contributed by atoms with Crippen molar-refractivity contribution in [3.8, 4) is 0 Å². The monoisotopic (exact) mass is 330 g/mol. The van der Waals surface area contributed by atoms with Gasteiger partial charge in [0.2, 0.25) is 0 Å². The molecule has 0 bridgehead atoms. The first-order valence-corrected chi connectivity index (χ1v) is 7.27. The zero-order valence-corrected chi connectivity index (χ0v) is 14.2. The number of carbonyl (C=O) groups excluding carboxylic acids is 1. The Bertz CT molecular complexity index is 699. The van der Waals surface area contributed by atoms with Gasteiger partial charge in [-0.3, -0.25) is 0 Å². The summed E-state index contributed by atoms with van der Waals surface area (Å²) in [6.07, 6.45) is 0. The molecule has 0 aliphatic rings. The minimum atomic E-state index is -0.890. The minimum absolute atomic E-state index is 0.319. The van der Waals surface area contributed by atoms with Crippen LogP contribution in [0.5, 0.6) is 0 Å². The summed E-state index contributed by atoms with van der Waals surface area (Å²) in [6, 6.07) is 14.1. The number of carboxylic acids is 1. The Morgan fingerprint density at radius 1 is 1.00 bits per heavy atom. The molecule has 0 radical (unpaired) electrons. The number of hydrogen-bond acceptors (Lipinski definition) is 5. The van der Waals surface area contributed by atoms with Gasteiger partial charge in [0.25, 0.3) is 0 Å². The Balaban J connectivity index is 0.000000240. The Hall–Kier alpha value is -3.02. The zero-order valence-electron chi connectivity index (χ0n) is 14.2. The molecule has 0 aliphatic carbocycles. The van der Waals surface area contributed by atoms with Crippen molar-refractivity contribution < 1.29 is 19.4 Å². The van der Waals surface area contributed by atoms with Crippen LogP contribution in [0.2, 0.25) is 0 Å². The van der Waals surface area contributed by atoms with Crippen molar-refractivity contribution in [3.05, 3.63) is 59.7 Å². The van der Waals surface area contributed by atoms with Crippen LogP contribution in [-0.4, -0.2) is 45.3 Å². The van der Waals surface area contributed by atoms with Crippen LogP contribution in [-0.2, 0) is 4.74 Å². The largest absolute Gasteiger partial charge is 0.478 e. The van der Waals surface area contributed by atoms with E-state index in [4.69, 9.17) is 5.11 Å². The highest BCUT2D eigenvalue weighted by molar-refractivity contribution is 5.95. The zero-order chi connectivity index (χ0) is 18.1. The van der Waals surface area contributed by atoms with Crippen LogP contribution in [0.15, 0.2) is 48.5 Å². The molecule has 6 nitrogen and oxygen atoms in total. The number of aromatic carboxylic acids is 1. The van der Waals surface area contributed by atoms with Gasteiger partial charge in [0.1, 0.15) is 0 Å². The molecule has 0 aromatic heterocycles. The van der Waals surface area contributed by atoms with E-state index in [1.165, 1.54) is 7.11 Å². The van der Waals surface area contributed by atoms with Gasteiger partial charge >= 0.3 is 11.9 Å². The van der Waals surface area contributed by atoms with Crippen molar-refractivity contribution >= 4 is 23.3 Å². The average Bonchev–Trinajstić information content (AvgIpc) is 2.61. The van der Waals surface area contributed by atoms with Crippen molar-refractivity contribution in [2.24, 2.45) is 0 Å². The van der Waals surface area contributed by atoms with Crippen LogP contribution >= 0.6 is 0 Å². The van der Waals surface area contributed by atoms with E-state index in [9.17, 15) is 9.59 Å². The number of anilines is 2. The fourth-order valence-corrected chi connectivity index (χ4v) is 2.03. The fourth-order valence-electron chi connectivity index (χ4n) is 2.03. The third kappa shape index (κ3) is 5.01. The summed E-state index contributed by atoms with van der Waals surface area (Å²) in [6.45, 7) is 0. The van der Waals surface area contributed by atoms with Crippen LogP contribution in [0.3, 0.4) is 0 Å². The van der Waals surface area contributed by atoms with E-state index in [1.54, 1.807) is 42.3 Å². The molecule has 0 aliphatic heterocycles. The molecule has 2 N–H and O–H groups in total. The molecular weight excluding hydrogens is 308 g/mol. The number of nitrogens with zero attached hydrogens (tertiary/aromatic N) is 1. The van der Waals surface area contributed by atoms with Crippen molar-refractivity contribution in [2.75, 3.05) is 38.5 Å². The molecule has 2 aromatic rings. The van der Waals surface area contributed by atoms with E-state index in [2.05, 4.69) is 10.1 Å². The highest BCUT2D eigenvalue weighted by atomic mass is 16.5. The molecule has 24 heavy (non-hydrogen) atoms. The van der Waals surface area contributed by atoms with Gasteiger partial charge in [0.05, 0.1) is 23.9 Å². The fraction of sp³-hybridized carbons (Fsp3) is 0.222. The lowest BCUT2D eigenvalue weighted by Crippen LogP contribution is -2.13. The van der Waals surface area contributed by atoms with E-state index >= 15 is 0 Å². The first-order valence-electron chi connectivity index (χ1n) is 7.27. The molecule has 0 fully saturated rings. The van der Waals surface area contributed by atoms with E-state index < -0.39 is 5.97 Å². The summed E-state index contributed by atoms with van der Waals surface area (Å²) in [5.74, 6) is -1.21. The van der Waals surface area contributed by atoms with Crippen LogP contribution < -0.4 is 10.2 Å². The second-order valence-electron chi connectivity index (χ2n) is 5.00. The predicted molar refractivity (Wildman–Crippen MR) is 95.1 cm³/mol. The smallest absolute Gasteiger partial charge is 0.339 e. The van der Waals surface area contributed by atoms with Gasteiger partial charge in [0, 0.05) is 26.8 Å². The van der Waals surface area contributed by atoms with Crippen LogP contribution in [0.4, 0.5) is 11.4 Å². The number of nitrogens with one attached hydrogen (secondary N) is 1. The van der Waals surface area contributed by atoms with E-state index in [0.717, 1.165) is 11.4 Å². The van der Waals surface area contributed by atoms with E-state index in [1.807, 2.05) is 32.3 Å². The lowest BCUT2D eigenvalue weighted by atomic mass is 10.2. The van der Waals surface area contributed by atoms with Gasteiger partial charge in [-0.05, 0) is 24.3 Å². The maximum absolute atomic E-state index is 11.1. The topological polar surface area (TPSA) is 78.9 Å². The molecule has 2 rings (SSSR count). The Labute approximate surface area is 141 Å². The molecule has 128 valence electrons. The van der Waals surface area contributed by atoms with E-state index in [0.29, 0.717) is 11.1 Å². The maximum atomic E-state index is 11.1. The lowest BCUT2D eigenvalue weighted by Gasteiger charge is -2.14. The maximum Gasteiger partial charge on any atom is 0.339 e. The third-order valence-corrected chi connectivity index (χ3v) is 3.22. The molecule has 0 amide bonds. The van der Waals surface area contributed by atoms with Gasteiger partial charge in [-0.1, -0.05) is 24.3 Å². The number of ether oxygens (including phenoxy) is 1. The standard InChI is InChI=1S/2C9H11NO2/c1-10-8-6-4-3-5-7(8)9(11)12-2;1-10(2)8-6-4-3-5-7(8)9(11)12/h3-6,10H,1-2H3;3-6H,1-2H3,(H,11,12). The number of methoxy groups -OCH3 is 1. The van der Waals surface area contributed by atoms with Gasteiger partial charge in [-0.15, -0.1) is 0 Å². The average molecular weight is 330 g/mol. The second-order valence-corrected chi connectivity index (χ2v) is 5.00. The molecule has 0 saturated heterocycles. The molecule has 0 heterocycles. The normalized spacial score (nSPS) is 9.33. The molecule has 0 unspecified atom stereocenters. The van der Waals surface area contributed by atoms with Crippen molar-refractivity contribution in [3.63, 3.8) is 0 Å². The first kappa shape index (κ1) is 19.0. The molecule has 6 heteroatoms. The van der Waals surface area contributed by atoms with Crippen LogP contribution in [0.25, 0.3) is 0 Å². The summed E-state index contributed by atoms with van der Waals surface area (Å²) in [4.78, 5) is 23.6. The molecule has 0 spiro atoms. The summed E-state index contributed by atoms with van der Waals surface area (Å²) in [5, 5.41) is 11.7. The lowest BCUT2D eigenvalue weighted by molar-refractivity contribution is 0.0601. The van der Waals surface area contributed by atoms with Crippen molar-refractivity contribution in [1.82, 2.24) is 0 Å². The number of para-hydroxylation sites is 2. The molecule has 0 saturated carbocycles. The second kappa shape index (κ2) is 9.19. The first-order chi connectivity index (χ1) is 11.4. The quantitative estimate of drug-likeness (QED) is 0.839. The van der Waals surface area contributed by atoms with Crippen LogP contribution in [0, 0.1) is 0 Å². The van der Waals surface area contributed by atoms with Gasteiger partial charge in [-0.2, -0.15) is 0 Å². The molecule has 2 aromatic carbocycles. The SMILES string of the molecule is CN(C)c1ccccc1C(=O)O.CNc1ccccc1C(=O)OC. The highest BCUT2D eigenvalue weighted by Gasteiger charge is 2.09. The van der Waals surface area contributed by atoms with Crippen molar-refractivity contribution in [1.29, 1.82) is 0 Å². The number of rotatable bonds is 4. The Morgan fingerprint density at radius 2 is 1.54 bits per heavy atom. The molecule has 0 atom stereocenters. The third-order valence-electron chi connectivity index (χ3n) is 3.22.